The van der Waals surface area contributed by atoms with Crippen molar-refractivity contribution in [2.45, 2.75) is 30.3 Å². The third-order valence-electron chi connectivity index (χ3n) is 5.43. The lowest BCUT2D eigenvalue weighted by molar-refractivity contribution is -0.159. The van der Waals surface area contributed by atoms with Crippen LogP contribution in [0.25, 0.3) is 5.65 Å². The molecule has 3 aromatic heterocycles. The molecule has 0 spiro atoms. The van der Waals surface area contributed by atoms with E-state index >= 15 is 0 Å². The molecule has 132 valence electrons. The number of anilines is 1. The zero-order valence-electron chi connectivity index (χ0n) is 14.2. The molecular formula is C19H17FN4O2. The standard InChI is InChI=1S/C19H17FN4O2/c1-26-13-6-16-22-14(18-9-19(20,10-18)11-18)8-24(16)7-12(13)17(25)23-15-4-2-3-5-21-15/h2-8H,9-11H2,1H3,(H,21,23,25). The molecular weight excluding hydrogens is 335 g/mol. The van der Waals surface area contributed by atoms with Crippen LogP contribution in [0.5, 0.6) is 5.75 Å². The van der Waals surface area contributed by atoms with E-state index in [0.717, 1.165) is 5.69 Å². The van der Waals surface area contributed by atoms with Crippen LogP contribution in [-0.4, -0.2) is 33.1 Å². The molecule has 0 aliphatic heterocycles. The summed E-state index contributed by atoms with van der Waals surface area (Å²) in [4.78, 5) is 21.4. The summed E-state index contributed by atoms with van der Waals surface area (Å²) in [5, 5.41) is 2.76. The van der Waals surface area contributed by atoms with Gasteiger partial charge in [0, 0.05) is 30.1 Å². The Hall–Kier alpha value is -2.96. The maximum Gasteiger partial charge on any atom is 0.262 e. The number of imidazole rings is 1. The SMILES string of the molecule is COc1cc2nc(C34CC(F)(C3)C4)cn2cc1C(=O)Nc1ccccn1. The number of hydrogen-bond donors (Lipinski definition) is 1. The van der Waals surface area contributed by atoms with Gasteiger partial charge < -0.3 is 14.5 Å². The zero-order chi connectivity index (χ0) is 17.9. The first-order chi connectivity index (χ1) is 12.5. The lowest BCUT2D eigenvalue weighted by atomic mass is 9.41. The quantitative estimate of drug-likeness (QED) is 0.783. The Labute approximate surface area is 149 Å². The smallest absolute Gasteiger partial charge is 0.262 e. The highest BCUT2D eigenvalue weighted by Crippen LogP contribution is 2.69. The number of ether oxygens (including phenoxy) is 1. The van der Waals surface area contributed by atoms with E-state index in [0.29, 0.717) is 42.0 Å². The summed E-state index contributed by atoms with van der Waals surface area (Å²) in [5.41, 5.74) is 0.866. The Morgan fingerprint density at radius 2 is 2.12 bits per heavy atom. The van der Waals surface area contributed by atoms with Crippen LogP contribution in [0.3, 0.4) is 0 Å². The summed E-state index contributed by atoms with van der Waals surface area (Å²) in [5.74, 6) is 0.585. The lowest BCUT2D eigenvalue weighted by Crippen LogP contribution is -2.67. The van der Waals surface area contributed by atoms with Crippen molar-refractivity contribution in [3.8, 4) is 5.75 Å². The van der Waals surface area contributed by atoms with E-state index in [2.05, 4.69) is 15.3 Å². The second-order valence-corrected chi connectivity index (χ2v) is 7.28. The second-order valence-electron chi connectivity index (χ2n) is 7.28. The van der Waals surface area contributed by atoms with Crippen LogP contribution >= 0.6 is 0 Å². The van der Waals surface area contributed by atoms with Gasteiger partial charge in [-0.25, -0.2) is 14.4 Å². The maximum absolute atomic E-state index is 13.8. The Balaban J connectivity index is 1.50. The van der Waals surface area contributed by atoms with Gasteiger partial charge in [0.1, 0.15) is 22.9 Å². The van der Waals surface area contributed by atoms with Gasteiger partial charge in [0.05, 0.1) is 18.4 Å². The molecule has 0 aromatic carbocycles. The molecule has 1 N–H and O–H groups in total. The first-order valence-corrected chi connectivity index (χ1v) is 8.49. The molecule has 2 bridgehead atoms. The number of fused-ring (bicyclic) bond motifs is 1. The van der Waals surface area contributed by atoms with Gasteiger partial charge in [0.25, 0.3) is 5.91 Å². The van der Waals surface area contributed by atoms with E-state index < -0.39 is 5.67 Å². The van der Waals surface area contributed by atoms with Gasteiger partial charge in [-0.3, -0.25) is 4.79 Å². The molecule has 7 heteroatoms. The van der Waals surface area contributed by atoms with Gasteiger partial charge in [0.15, 0.2) is 0 Å². The molecule has 0 unspecified atom stereocenters. The van der Waals surface area contributed by atoms with Gasteiger partial charge in [-0.05, 0) is 31.4 Å². The maximum atomic E-state index is 13.8. The molecule has 3 aliphatic carbocycles. The Kier molecular flexibility index (Phi) is 2.96. The minimum atomic E-state index is -0.971. The number of nitrogens with one attached hydrogen (secondary N) is 1. The van der Waals surface area contributed by atoms with Crippen LogP contribution in [-0.2, 0) is 5.41 Å². The predicted molar refractivity (Wildman–Crippen MR) is 93.3 cm³/mol. The number of carbonyl (C=O) groups is 1. The highest BCUT2D eigenvalue weighted by molar-refractivity contribution is 6.05. The fourth-order valence-corrected chi connectivity index (χ4v) is 4.17. The van der Waals surface area contributed by atoms with Crippen molar-refractivity contribution < 1.29 is 13.9 Å². The molecule has 6 nitrogen and oxygen atoms in total. The molecule has 0 atom stereocenters. The van der Waals surface area contributed by atoms with Gasteiger partial charge >= 0.3 is 0 Å². The summed E-state index contributed by atoms with van der Waals surface area (Å²) in [6, 6.07) is 7.02. The number of carbonyl (C=O) groups excluding carboxylic acids is 1. The van der Waals surface area contributed by atoms with Crippen molar-refractivity contribution in [3.05, 3.63) is 54.1 Å². The number of pyridine rings is 2. The van der Waals surface area contributed by atoms with Crippen LogP contribution in [0.2, 0.25) is 0 Å². The summed E-state index contributed by atoms with van der Waals surface area (Å²) in [6.07, 6.45) is 6.85. The van der Waals surface area contributed by atoms with E-state index in [4.69, 9.17) is 4.74 Å². The largest absolute Gasteiger partial charge is 0.496 e. The van der Waals surface area contributed by atoms with E-state index in [-0.39, 0.29) is 11.3 Å². The summed E-state index contributed by atoms with van der Waals surface area (Å²) in [6.45, 7) is 0. The average Bonchev–Trinajstić information content (AvgIpc) is 3.00. The fourth-order valence-electron chi connectivity index (χ4n) is 4.17. The Morgan fingerprint density at radius 3 is 2.77 bits per heavy atom. The number of alkyl halides is 1. The summed E-state index contributed by atoms with van der Waals surface area (Å²) in [7, 11) is 1.52. The highest BCUT2D eigenvalue weighted by Gasteiger charge is 2.70. The Morgan fingerprint density at radius 1 is 1.31 bits per heavy atom. The fraction of sp³-hybridized carbons (Fsp3) is 0.316. The molecule has 3 heterocycles. The van der Waals surface area contributed by atoms with Crippen molar-refractivity contribution in [1.82, 2.24) is 14.4 Å². The molecule has 26 heavy (non-hydrogen) atoms. The molecule has 3 fully saturated rings. The molecule has 3 aliphatic rings. The van der Waals surface area contributed by atoms with Gasteiger partial charge in [0.2, 0.25) is 0 Å². The minimum Gasteiger partial charge on any atom is -0.496 e. The lowest BCUT2D eigenvalue weighted by Gasteiger charge is -2.65. The van der Waals surface area contributed by atoms with Crippen molar-refractivity contribution in [3.63, 3.8) is 0 Å². The van der Waals surface area contributed by atoms with Crippen molar-refractivity contribution >= 4 is 17.4 Å². The number of aromatic nitrogens is 3. The zero-order valence-corrected chi connectivity index (χ0v) is 14.2. The van der Waals surface area contributed by atoms with Gasteiger partial charge in [-0.1, -0.05) is 6.07 Å². The average molecular weight is 352 g/mol. The van der Waals surface area contributed by atoms with E-state index in [1.54, 1.807) is 41.1 Å². The normalized spacial score (nSPS) is 26.1. The number of rotatable bonds is 4. The molecule has 3 aromatic rings. The number of methoxy groups -OCH3 is 1. The van der Waals surface area contributed by atoms with Crippen LogP contribution in [0.1, 0.15) is 35.3 Å². The minimum absolute atomic E-state index is 0.121. The molecule has 6 rings (SSSR count). The van der Waals surface area contributed by atoms with Crippen molar-refractivity contribution in [2.75, 3.05) is 12.4 Å². The summed E-state index contributed by atoms with van der Waals surface area (Å²) < 4.78 is 21.0. The third-order valence-corrected chi connectivity index (χ3v) is 5.43. The number of hydrogen-bond acceptors (Lipinski definition) is 4. The van der Waals surface area contributed by atoms with Crippen molar-refractivity contribution in [2.24, 2.45) is 0 Å². The van der Waals surface area contributed by atoms with Crippen molar-refractivity contribution in [1.29, 1.82) is 0 Å². The van der Waals surface area contributed by atoms with Crippen LogP contribution < -0.4 is 10.1 Å². The molecule has 3 saturated carbocycles. The van der Waals surface area contributed by atoms with E-state index in [9.17, 15) is 9.18 Å². The van der Waals surface area contributed by atoms with Gasteiger partial charge in [-0.15, -0.1) is 0 Å². The van der Waals surface area contributed by atoms with E-state index in [1.165, 1.54) is 7.11 Å². The van der Waals surface area contributed by atoms with Crippen LogP contribution in [0.15, 0.2) is 42.9 Å². The summed E-state index contributed by atoms with van der Waals surface area (Å²) >= 11 is 0. The van der Waals surface area contributed by atoms with Gasteiger partial charge in [-0.2, -0.15) is 0 Å². The van der Waals surface area contributed by atoms with Crippen LogP contribution in [0.4, 0.5) is 10.2 Å². The topological polar surface area (TPSA) is 68.5 Å². The first-order valence-electron chi connectivity index (χ1n) is 8.49. The molecule has 1 amide bonds. The highest BCUT2D eigenvalue weighted by atomic mass is 19.1. The van der Waals surface area contributed by atoms with Crippen LogP contribution in [0, 0.1) is 0 Å². The molecule has 0 saturated heterocycles. The number of amides is 1. The number of nitrogens with zero attached hydrogens (tertiary/aromatic N) is 3. The Bertz CT molecular complexity index is 1010. The monoisotopic (exact) mass is 352 g/mol. The first kappa shape index (κ1) is 15.3. The van der Waals surface area contributed by atoms with E-state index in [1.807, 2.05) is 6.20 Å². The molecule has 0 radical (unpaired) electrons. The third kappa shape index (κ3) is 2.13. The predicted octanol–water partition coefficient (Wildman–Crippen LogP) is 3.13. The number of halogens is 1. The second kappa shape index (κ2) is 5.03.